The van der Waals surface area contributed by atoms with E-state index >= 15 is 0 Å². The zero-order valence-corrected chi connectivity index (χ0v) is 16.6. The first-order chi connectivity index (χ1) is 14.7. The van der Waals surface area contributed by atoms with Crippen LogP contribution >= 0.6 is 0 Å². The van der Waals surface area contributed by atoms with Gasteiger partial charge in [0.2, 0.25) is 5.95 Å². The summed E-state index contributed by atoms with van der Waals surface area (Å²) >= 11 is 0. The second-order valence-electron chi connectivity index (χ2n) is 7.27. The average molecular weight is 407 g/mol. The van der Waals surface area contributed by atoms with E-state index in [9.17, 15) is 4.79 Å². The highest BCUT2D eigenvalue weighted by molar-refractivity contribution is 5.91. The number of nitrogens with zero attached hydrogens (tertiary/aromatic N) is 2. The molecule has 4 rings (SSSR count). The van der Waals surface area contributed by atoms with E-state index in [1.807, 2.05) is 24.3 Å². The zero-order chi connectivity index (χ0) is 20.8. The minimum Gasteiger partial charge on any atom is -0.459 e. The van der Waals surface area contributed by atoms with Crippen molar-refractivity contribution in [1.82, 2.24) is 9.97 Å². The number of benzene rings is 1. The molecular weight excluding hydrogens is 382 g/mol. The number of carbonyl (C=O) groups excluding carboxylic acids is 1. The predicted octanol–water partition coefficient (Wildman–Crippen LogP) is 2.96. The van der Waals surface area contributed by atoms with Crippen LogP contribution in [0.15, 0.2) is 53.3 Å². The van der Waals surface area contributed by atoms with E-state index in [-0.39, 0.29) is 11.9 Å². The van der Waals surface area contributed by atoms with Gasteiger partial charge in [-0.2, -0.15) is 4.98 Å². The van der Waals surface area contributed by atoms with Gasteiger partial charge in [-0.15, -0.1) is 0 Å². The van der Waals surface area contributed by atoms with Crippen LogP contribution in [0.3, 0.4) is 0 Å². The maximum absolute atomic E-state index is 11.4. The Balaban J connectivity index is 1.34. The molecule has 30 heavy (non-hydrogen) atoms. The Morgan fingerprint density at radius 2 is 2.10 bits per heavy atom. The average Bonchev–Trinajstić information content (AvgIpc) is 3.43. The van der Waals surface area contributed by atoms with Crippen LogP contribution in [-0.2, 0) is 17.7 Å². The van der Waals surface area contributed by atoms with Gasteiger partial charge in [-0.05, 0) is 36.1 Å². The van der Waals surface area contributed by atoms with Gasteiger partial charge in [0.1, 0.15) is 5.82 Å². The largest absolute Gasteiger partial charge is 0.459 e. The molecule has 0 bridgehead atoms. The van der Waals surface area contributed by atoms with Crippen LogP contribution in [0.4, 0.5) is 11.8 Å². The summed E-state index contributed by atoms with van der Waals surface area (Å²) in [5, 5.41) is 6.57. The lowest BCUT2D eigenvalue weighted by molar-refractivity contribution is 0.0973. The lowest BCUT2D eigenvalue weighted by Crippen LogP contribution is -2.19. The molecule has 1 amide bonds. The molecule has 1 atom stereocenters. The van der Waals surface area contributed by atoms with Crippen LogP contribution in [0, 0.1) is 0 Å². The minimum absolute atomic E-state index is 0.211. The third-order valence-corrected chi connectivity index (χ3v) is 5.00. The summed E-state index contributed by atoms with van der Waals surface area (Å²) in [5.74, 6) is 0.988. The first-order valence-corrected chi connectivity index (χ1v) is 10.0. The fourth-order valence-corrected chi connectivity index (χ4v) is 3.51. The van der Waals surface area contributed by atoms with E-state index in [0.29, 0.717) is 25.5 Å². The predicted molar refractivity (Wildman–Crippen MR) is 113 cm³/mol. The van der Waals surface area contributed by atoms with E-state index in [1.165, 1.54) is 6.26 Å². The molecule has 0 spiro atoms. The maximum Gasteiger partial charge on any atom is 0.284 e. The van der Waals surface area contributed by atoms with Crippen molar-refractivity contribution in [1.29, 1.82) is 0 Å². The minimum atomic E-state index is -0.555. The van der Waals surface area contributed by atoms with Gasteiger partial charge in [0.15, 0.2) is 5.76 Å². The highest BCUT2D eigenvalue weighted by Crippen LogP contribution is 2.17. The number of anilines is 2. The number of nitrogens with one attached hydrogen (secondary N) is 2. The Kier molecular flexibility index (Phi) is 6.24. The normalized spacial score (nSPS) is 15.8. The van der Waals surface area contributed by atoms with Crippen LogP contribution in [0.2, 0.25) is 0 Å². The number of primary amides is 1. The van der Waals surface area contributed by atoms with E-state index in [4.69, 9.17) is 14.9 Å². The van der Waals surface area contributed by atoms with Gasteiger partial charge in [-0.25, -0.2) is 4.98 Å². The Morgan fingerprint density at radius 1 is 1.20 bits per heavy atom. The van der Waals surface area contributed by atoms with Crippen LogP contribution < -0.4 is 16.4 Å². The highest BCUT2D eigenvalue weighted by Gasteiger charge is 2.15. The second-order valence-corrected chi connectivity index (χ2v) is 7.27. The number of ether oxygens (including phenoxy) is 1. The first-order valence-electron chi connectivity index (χ1n) is 10.0. The van der Waals surface area contributed by atoms with Crippen molar-refractivity contribution in [2.75, 3.05) is 23.8 Å². The standard InChI is InChI=1S/C22H25N5O3/c23-21(28)20-17(7-10-30-20)12-15-3-1-4-16(11-15)13-25-19-6-8-24-22(27-19)26-14-18-5-2-9-29-18/h1,3-4,6-8,10-11,18H,2,5,9,12-14H2,(H2,23,28)(H2,24,25,26,27)/t18-/m1/s1. The molecule has 0 radical (unpaired) electrons. The monoisotopic (exact) mass is 407 g/mol. The zero-order valence-electron chi connectivity index (χ0n) is 16.6. The van der Waals surface area contributed by atoms with Crippen molar-refractivity contribution >= 4 is 17.7 Å². The molecule has 0 saturated carbocycles. The number of furan rings is 1. The van der Waals surface area contributed by atoms with E-state index < -0.39 is 5.91 Å². The number of carbonyl (C=O) groups is 1. The number of amides is 1. The molecule has 2 aromatic heterocycles. The molecule has 1 fully saturated rings. The van der Waals surface area contributed by atoms with Crippen molar-refractivity contribution in [3.05, 3.63) is 71.3 Å². The van der Waals surface area contributed by atoms with Crippen molar-refractivity contribution in [3.8, 4) is 0 Å². The number of rotatable bonds is 9. The summed E-state index contributed by atoms with van der Waals surface area (Å²) in [5.41, 5.74) is 8.31. The number of aromatic nitrogens is 2. The summed E-state index contributed by atoms with van der Waals surface area (Å²) in [6.45, 7) is 2.16. The van der Waals surface area contributed by atoms with Gasteiger partial charge in [-0.3, -0.25) is 4.79 Å². The summed E-state index contributed by atoms with van der Waals surface area (Å²) < 4.78 is 10.8. The SMILES string of the molecule is NC(=O)c1occc1Cc1cccc(CNc2ccnc(NC[C@H]3CCCO3)n2)c1. The van der Waals surface area contributed by atoms with Gasteiger partial charge in [-0.1, -0.05) is 24.3 Å². The molecule has 1 aliphatic heterocycles. The third kappa shape index (κ3) is 5.15. The fraction of sp³-hybridized carbons (Fsp3) is 0.318. The highest BCUT2D eigenvalue weighted by atomic mass is 16.5. The van der Waals surface area contributed by atoms with Crippen LogP contribution in [-0.4, -0.2) is 35.1 Å². The van der Waals surface area contributed by atoms with Crippen molar-refractivity contribution in [2.45, 2.75) is 31.9 Å². The van der Waals surface area contributed by atoms with Crippen LogP contribution in [0.25, 0.3) is 0 Å². The molecule has 1 saturated heterocycles. The van der Waals surface area contributed by atoms with E-state index in [1.54, 1.807) is 12.3 Å². The molecule has 8 nitrogen and oxygen atoms in total. The third-order valence-electron chi connectivity index (χ3n) is 5.00. The number of nitrogens with two attached hydrogens (primary N) is 1. The Labute approximate surface area is 174 Å². The molecule has 1 aromatic carbocycles. The van der Waals surface area contributed by atoms with Crippen molar-refractivity contribution in [3.63, 3.8) is 0 Å². The van der Waals surface area contributed by atoms with E-state index in [0.717, 1.165) is 42.0 Å². The molecule has 4 N–H and O–H groups in total. The molecule has 1 aliphatic rings. The number of hydrogen-bond donors (Lipinski definition) is 3. The fourth-order valence-electron chi connectivity index (χ4n) is 3.51. The lowest BCUT2D eigenvalue weighted by Gasteiger charge is -2.12. The van der Waals surface area contributed by atoms with Crippen LogP contribution in [0.5, 0.6) is 0 Å². The molecular formula is C22H25N5O3. The Hall–Kier alpha value is -3.39. The summed E-state index contributed by atoms with van der Waals surface area (Å²) in [6.07, 6.45) is 6.21. The maximum atomic E-state index is 11.4. The first kappa shape index (κ1) is 19.9. The Bertz CT molecular complexity index is 998. The van der Waals surface area contributed by atoms with Gasteiger partial charge in [0.05, 0.1) is 12.4 Å². The van der Waals surface area contributed by atoms with Gasteiger partial charge >= 0.3 is 0 Å². The summed E-state index contributed by atoms with van der Waals surface area (Å²) in [4.78, 5) is 20.2. The number of hydrogen-bond acceptors (Lipinski definition) is 7. The summed E-state index contributed by atoms with van der Waals surface area (Å²) in [6, 6.07) is 11.7. The van der Waals surface area contributed by atoms with Crippen molar-refractivity contribution in [2.24, 2.45) is 5.73 Å². The molecule has 3 heterocycles. The molecule has 156 valence electrons. The van der Waals surface area contributed by atoms with Gasteiger partial charge in [0, 0.05) is 37.9 Å². The molecule has 3 aromatic rings. The van der Waals surface area contributed by atoms with Gasteiger partial charge in [0.25, 0.3) is 5.91 Å². The topological polar surface area (TPSA) is 115 Å². The smallest absolute Gasteiger partial charge is 0.284 e. The quantitative estimate of drug-likeness (QED) is 0.499. The van der Waals surface area contributed by atoms with Crippen LogP contribution in [0.1, 0.15) is 40.1 Å². The van der Waals surface area contributed by atoms with Gasteiger partial charge < -0.3 is 25.5 Å². The molecule has 8 heteroatoms. The Morgan fingerprint density at radius 3 is 2.93 bits per heavy atom. The molecule has 0 unspecified atom stereocenters. The molecule has 0 aliphatic carbocycles. The second kappa shape index (κ2) is 9.41. The summed E-state index contributed by atoms with van der Waals surface area (Å²) in [7, 11) is 0. The lowest BCUT2D eigenvalue weighted by atomic mass is 10.0. The van der Waals surface area contributed by atoms with Crippen molar-refractivity contribution < 1.29 is 13.9 Å². The van der Waals surface area contributed by atoms with E-state index in [2.05, 4.69) is 26.7 Å².